The normalized spacial score (nSPS) is 12.1. The lowest BCUT2D eigenvalue weighted by atomic mass is 10.1. The fourth-order valence-corrected chi connectivity index (χ4v) is 2.35. The smallest absolute Gasteiger partial charge is 0.0300 e. The van der Waals surface area contributed by atoms with Gasteiger partial charge in [-0.05, 0) is 46.4 Å². The molecule has 1 heterocycles. The number of nitrogens with one attached hydrogen (secondary N) is 2. The lowest BCUT2D eigenvalue weighted by Gasteiger charge is -2.24. The number of likely N-dealkylation sites (N-methyl/N-ethyl adjacent to an activating group) is 1. The van der Waals surface area contributed by atoms with Gasteiger partial charge in [0.1, 0.15) is 0 Å². The molecule has 0 aliphatic heterocycles. The van der Waals surface area contributed by atoms with Crippen molar-refractivity contribution >= 4 is 11.3 Å². The molecule has 0 atom stereocenters. The summed E-state index contributed by atoms with van der Waals surface area (Å²) in [4.78, 5) is 2.86. The third-order valence-electron chi connectivity index (χ3n) is 2.76. The van der Waals surface area contributed by atoms with Crippen molar-refractivity contribution in [1.29, 1.82) is 0 Å². The molecule has 2 nitrogen and oxygen atoms in total. The molecule has 1 aromatic rings. The minimum absolute atomic E-state index is 0.168. The highest BCUT2D eigenvalue weighted by atomic mass is 32.1. The predicted octanol–water partition coefficient (Wildman–Crippen LogP) is 2.45. The van der Waals surface area contributed by atoms with Gasteiger partial charge in [-0.1, -0.05) is 0 Å². The Morgan fingerprint density at radius 1 is 1.33 bits per heavy atom. The van der Waals surface area contributed by atoms with Gasteiger partial charge in [0.15, 0.2) is 0 Å². The summed E-state index contributed by atoms with van der Waals surface area (Å²) in [5, 5.41) is 6.77. The number of thiophene rings is 1. The van der Waals surface area contributed by atoms with Crippen LogP contribution in [0.15, 0.2) is 6.07 Å². The van der Waals surface area contributed by atoms with E-state index in [4.69, 9.17) is 0 Å². The highest BCUT2D eigenvalue weighted by Gasteiger charge is 2.13. The molecule has 0 aliphatic carbocycles. The Morgan fingerprint density at radius 3 is 2.47 bits per heavy atom. The predicted molar refractivity (Wildman–Crippen MR) is 68.6 cm³/mol. The molecule has 86 valence electrons. The van der Waals surface area contributed by atoms with E-state index in [-0.39, 0.29) is 5.54 Å². The van der Waals surface area contributed by atoms with Gasteiger partial charge >= 0.3 is 0 Å². The Labute approximate surface area is 97.1 Å². The Balaban J connectivity index is 2.38. The molecule has 0 bridgehead atoms. The van der Waals surface area contributed by atoms with Crippen LogP contribution in [0.2, 0.25) is 0 Å². The zero-order chi connectivity index (χ0) is 11.5. The first-order valence-electron chi connectivity index (χ1n) is 5.40. The fourth-order valence-electron chi connectivity index (χ4n) is 1.32. The molecule has 0 aromatic carbocycles. The number of aryl methyl sites for hydroxylation is 2. The maximum absolute atomic E-state index is 3.48. The molecule has 3 heteroatoms. The van der Waals surface area contributed by atoms with Crippen LogP contribution in [0.25, 0.3) is 0 Å². The van der Waals surface area contributed by atoms with E-state index in [9.17, 15) is 0 Å². The summed E-state index contributed by atoms with van der Waals surface area (Å²) in [6.45, 7) is 10.7. The maximum Gasteiger partial charge on any atom is 0.0300 e. The number of rotatable bonds is 5. The molecule has 0 fully saturated rings. The van der Waals surface area contributed by atoms with Crippen LogP contribution in [-0.4, -0.2) is 19.1 Å². The summed E-state index contributed by atoms with van der Waals surface area (Å²) in [5.74, 6) is 0. The molecule has 1 rings (SSSR count). The van der Waals surface area contributed by atoms with Crippen LogP contribution in [0.5, 0.6) is 0 Å². The quantitative estimate of drug-likeness (QED) is 0.806. The van der Waals surface area contributed by atoms with E-state index < -0.39 is 0 Å². The molecular weight excluding hydrogens is 204 g/mol. The van der Waals surface area contributed by atoms with Crippen LogP contribution in [-0.2, 0) is 6.54 Å². The molecule has 15 heavy (non-hydrogen) atoms. The third-order valence-corrected chi connectivity index (χ3v) is 3.91. The summed E-state index contributed by atoms with van der Waals surface area (Å²) in [6, 6.07) is 2.28. The Hall–Kier alpha value is -0.380. The average molecular weight is 226 g/mol. The number of hydrogen-bond donors (Lipinski definition) is 2. The van der Waals surface area contributed by atoms with Crippen molar-refractivity contribution < 1.29 is 0 Å². The zero-order valence-electron chi connectivity index (χ0n) is 10.4. The van der Waals surface area contributed by atoms with Gasteiger partial charge in [0.05, 0.1) is 0 Å². The summed E-state index contributed by atoms with van der Waals surface area (Å²) in [5.41, 5.74) is 1.58. The van der Waals surface area contributed by atoms with Gasteiger partial charge in [-0.15, -0.1) is 11.3 Å². The second-order valence-electron chi connectivity index (χ2n) is 4.69. The molecule has 0 spiro atoms. The van der Waals surface area contributed by atoms with Gasteiger partial charge in [0.25, 0.3) is 0 Å². The van der Waals surface area contributed by atoms with Crippen molar-refractivity contribution in [1.82, 2.24) is 10.6 Å². The molecule has 0 unspecified atom stereocenters. The van der Waals surface area contributed by atoms with Crippen LogP contribution in [0, 0.1) is 13.8 Å². The molecule has 0 aliphatic rings. The largest absolute Gasteiger partial charge is 0.314 e. The van der Waals surface area contributed by atoms with Crippen molar-refractivity contribution in [3.05, 3.63) is 21.4 Å². The molecule has 0 amide bonds. The van der Waals surface area contributed by atoms with E-state index in [1.54, 1.807) is 0 Å². The topological polar surface area (TPSA) is 24.1 Å². The molecule has 0 saturated carbocycles. The first-order chi connectivity index (χ1) is 6.94. The summed E-state index contributed by atoms with van der Waals surface area (Å²) in [7, 11) is 2.00. The second-order valence-corrected chi connectivity index (χ2v) is 6.03. The highest BCUT2D eigenvalue weighted by Crippen LogP contribution is 2.20. The van der Waals surface area contributed by atoms with E-state index in [0.717, 1.165) is 13.1 Å². The van der Waals surface area contributed by atoms with E-state index in [1.165, 1.54) is 15.3 Å². The second kappa shape index (κ2) is 5.10. The van der Waals surface area contributed by atoms with Crippen molar-refractivity contribution in [2.24, 2.45) is 0 Å². The van der Waals surface area contributed by atoms with Crippen LogP contribution < -0.4 is 10.6 Å². The summed E-state index contributed by atoms with van der Waals surface area (Å²) < 4.78 is 0. The first-order valence-corrected chi connectivity index (χ1v) is 6.22. The zero-order valence-corrected chi connectivity index (χ0v) is 11.2. The lowest BCUT2D eigenvalue weighted by molar-refractivity contribution is 0.394. The SMILES string of the molecule is CNC(C)(C)CNCc1cc(C)c(C)s1. The average Bonchev–Trinajstić information content (AvgIpc) is 2.46. The van der Waals surface area contributed by atoms with Crippen LogP contribution in [0.1, 0.15) is 29.2 Å². The molecule has 1 aromatic heterocycles. The first kappa shape index (κ1) is 12.7. The summed E-state index contributed by atoms with van der Waals surface area (Å²) in [6.07, 6.45) is 0. The third kappa shape index (κ3) is 3.93. The fraction of sp³-hybridized carbons (Fsp3) is 0.667. The minimum atomic E-state index is 0.168. The van der Waals surface area contributed by atoms with E-state index in [1.807, 2.05) is 18.4 Å². The van der Waals surface area contributed by atoms with E-state index in [0.29, 0.717) is 0 Å². The van der Waals surface area contributed by atoms with Gasteiger partial charge in [0.2, 0.25) is 0 Å². The standard InChI is InChI=1S/C12H22N2S/c1-9-6-11(15-10(9)2)7-14-8-12(3,4)13-5/h6,13-14H,7-8H2,1-5H3. The van der Waals surface area contributed by atoms with E-state index in [2.05, 4.69) is 44.4 Å². The van der Waals surface area contributed by atoms with Crippen molar-refractivity contribution in [2.45, 2.75) is 39.8 Å². The molecule has 0 radical (unpaired) electrons. The highest BCUT2D eigenvalue weighted by molar-refractivity contribution is 7.12. The molecule has 2 N–H and O–H groups in total. The van der Waals surface area contributed by atoms with Gasteiger partial charge < -0.3 is 10.6 Å². The van der Waals surface area contributed by atoms with Crippen LogP contribution in [0.3, 0.4) is 0 Å². The van der Waals surface area contributed by atoms with Crippen molar-refractivity contribution in [3.8, 4) is 0 Å². The van der Waals surface area contributed by atoms with Crippen molar-refractivity contribution in [3.63, 3.8) is 0 Å². The molecule has 0 saturated heterocycles. The summed E-state index contributed by atoms with van der Waals surface area (Å²) >= 11 is 1.89. The number of hydrogen-bond acceptors (Lipinski definition) is 3. The maximum atomic E-state index is 3.48. The Bertz CT molecular complexity index is 296. The van der Waals surface area contributed by atoms with Crippen LogP contribution in [0.4, 0.5) is 0 Å². The molecular formula is C12H22N2S. The van der Waals surface area contributed by atoms with E-state index >= 15 is 0 Å². The van der Waals surface area contributed by atoms with Gasteiger partial charge in [-0.2, -0.15) is 0 Å². The van der Waals surface area contributed by atoms with Crippen LogP contribution >= 0.6 is 11.3 Å². The monoisotopic (exact) mass is 226 g/mol. The lowest BCUT2D eigenvalue weighted by Crippen LogP contribution is -2.45. The van der Waals surface area contributed by atoms with Gasteiger partial charge in [-0.3, -0.25) is 0 Å². The Kier molecular flexibility index (Phi) is 4.32. The van der Waals surface area contributed by atoms with Gasteiger partial charge in [0, 0.05) is 28.4 Å². The Morgan fingerprint density at radius 2 is 2.00 bits per heavy atom. The minimum Gasteiger partial charge on any atom is -0.314 e. The van der Waals surface area contributed by atoms with Crippen molar-refractivity contribution in [2.75, 3.05) is 13.6 Å². The van der Waals surface area contributed by atoms with Gasteiger partial charge in [-0.25, -0.2) is 0 Å².